The summed E-state index contributed by atoms with van der Waals surface area (Å²) >= 11 is 0. The standard InChI is InChI=1S/C10H12O3S/c1-3-8-6-5-7-10(9(8)4-2)14(11,12)13/h4-7H,2-3H2,1H3,(H,11,12,13). The number of benzene rings is 1. The van der Waals surface area contributed by atoms with Crippen molar-refractivity contribution in [2.45, 2.75) is 18.2 Å². The number of rotatable bonds is 3. The molecule has 4 heteroatoms. The normalized spacial score (nSPS) is 11.3. The second-order valence-electron chi connectivity index (χ2n) is 2.86. The first kappa shape index (κ1) is 10.9. The summed E-state index contributed by atoms with van der Waals surface area (Å²) in [4.78, 5) is -0.0770. The molecule has 0 amide bonds. The molecular formula is C10H12O3S. The minimum absolute atomic E-state index is 0.0770. The fraction of sp³-hybridized carbons (Fsp3) is 0.200. The molecule has 1 aromatic carbocycles. The van der Waals surface area contributed by atoms with Crippen molar-refractivity contribution in [2.24, 2.45) is 0 Å². The van der Waals surface area contributed by atoms with Gasteiger partial charge in [0.1, 0.15) is 4.90 Å². The Balaban J connectivity index is 3.53. The van der Waals surface area contributed by atoms with Crippen molar-refractivity contribution in [3.63, 3.8) is 0 Å². The predicted octanol–water partition coefficient (Wildman–Crippen LogP) is 2.14. The van der Waals surface area contributed by atoms with Crippen LogP contribution in [0, 0.1) is 0 Å². The molecule has 0 unspecified atom stereocenters. The van der Waals surface area contributed by atoms with Crippen LogP contribution in [0.5, 0.6) is 0 Å². The van der Waals surface area contributed by atoms with Gasteiger partial charge in [-0.25, -0.2) is 0 Å². The highest BCUT2D eigenvalue weighted by atomic mass is 32.2. The Bertz CT molecular complexity index is 446. The SMILES string of the molecule is C=Cc1c(CC)cccc1S(=O)(=O)O. The molecule has 0 radical (unpaired) electrons. The molecule has 0 aliphatic heterocycles. The molecular weight excluding hydrogens is 200 g/mol. The second kappa shape index (κ2) is 3.94. The molecule has 0 aliphatic carbocycles. The summed E-state index contributed by atoms with van der Waals surface area (Å²) in [6, 6.07) is 4.78. The van der Waals surface area contributed by atoms with E-state index in [-0.39, 0.29) is 4.90 Å². The zero-order valence-corrected chi connectivity index (χ0v) is 8.71. The van der Waals surface area contributed by atoms with E-state index >= 15 is 0 Å². The van der Waals surface area contributed by atoms with Gasteiger partial charge < -0.3 is 0 Å². The topological polar surface area (TPSA) is 54.4 Å². The van der Waals surface area contributed by atoms with E-state index in [1.165, 1.54) is 12.1 Å². The Morgan fingerprint density at radius 1 is 1.50 bits per heavy atom. The minimum Gasteiger partial charge on any atom is -0.282 e. The smallest absolute Gasteiger partial charge is 0.282 e. The molecule has 3 nitrogen and oxygen atoms in total. The summed E-state index contributed by atoms with van der Waals surface area (Å²) < 4.78 is 30.9. The highest BCUT2D eigenvalue weighted by Crippen LogP contribution is 2.21. The maximum Gasteiger partial charge on any atom is 0.295 e. The average molecular weight is 212 g/mol. The van der Waals surface area contributed by atoms with Gasteiger partial charge in [0.15, 0.2) is 0 Å². The van der Waals surface area contributed by atoms with E-state index in [2.05, 4.69) is 6.58 Å². The molecule has 0 bridgehead atoms. The van der Waals surface area contributed by atoms with E-state index in [0.29, 0.717) is 12.0 Å². The Kier molecular flexibility index (Phi) is 3.08. The van der Waals surface area contributed by atoms with Crippen LogP contribution in [0.25, 0.3) is 6.08 Å². The summed E-state index contributed by atoms with van der Waals surface area (Å²) in [5.41, 5.74) is 1.34. The van der Waals surface area contributed by atoms with Crippen molar-refractivity contribution in [1.82, 2.24) is 0 Å². The molecule has 0 spiro atoms. The van der Waals surface area contributed by atoms with Crippen molar-refractivity contribution in [1.29, 1.82) is 0 Å². The summed E-state index contributed by atoms with van der Waals surface area (Å²) in [7, 11) is -4.15. The van der Waals surface area contributed by atoms with E-state index in [0.717, 1.165) is 5.56 Å². The third-order valence-electron chi connectivity index (χ3n) is 2.02. The predicted molar refractivity (Wildman–Crippen MR) is 55.7 cm³/mol. The summed E-state index contributed by atoms with van der Waals surface area (Å²) in [6.07, 6.45) is 2.15. The molecule has 14 heavy (non-hydrogen) atoms. The lowest BCUT2D eigenvalue weighted by atomic mass is 10.1. The summed E-state index contributed by atoms with van der Waals surface area (Å²) in [5, 5.41) is 0. The van der Waals surface area contributed by atoms with E-state index in [1.54, 1.807) is 6.07 Å². The quantitative estimate of drug-likeness (QED) is 0.781. The van der Waals surface area contributed by atoms with Gasteiger partial charge in [0, 0.05) is 0 Å². The molecule has 0 saturated heterocycles. The fourth-order valence-electron chi connectivity index (χ4n) is 1.35. The van der Waals surface area contributed by atoms with E-state index < -0.39 is 10.1 Å². The van der Waals surface area contributed by atoms with Gasteiger partial charge in [-0.1, -0.05) is 31.7 Å². The largest absolute Gasteiger partial charge is 0.295 e. The van der Waals surface area contributed by atoms with Gasteiger partial charge in [0.2, 0.25) is 0 Å². The van der Waals surface area contributed by atoms with Crippen molar-refractivity contribution in [3.8, 4) is 0 Å². The Morgan fingerprint density at radius 3 is 2.57 bits per heavy atom. The lowest BCUT2D eigenvalue weighted by Crippen LogP contribution is -2.02. The molecule has 1 rings (SSSR count). The fourth-order valence-corrected chi connectivity index (χ4v) is 2.10. The third-order valence-corrected chi connectivity index (χ3v) is 2.93. The molecule has 1 N–H and O–H groups in total. The highest BCUT2D eigenvalue weighted by molar-refractivity contribution is 7.85. The van der Waals surface area contributed by atoms with Crippen molar-refractivity contribution >= 4 is 16.2 Å². The monoisotopic (exact) mass is 212 g/mol. The Hall–Kier alpha value is -1.13. The van der Waals surface area contributed by atoms with E-state index in [4.69, 9.17) is 4.55 Å². The van der Waals surface area contributed by atoms with Gasteiger partial charge >= 0.3 is 0 Å². The van der Waals surface area contributed by atoms with Gasteiger partial charge in [-0.15, -0.1) is 0 Å². The highest BCUT2D eigenvalue weighted by Gasteiger charge is 2.14. The molecule has 76 valence electrons. The van der Waals surface area contributed by atoms with Crippen LogP contribution in [0.3, 0.4) is 0 Å². The number of aryl methyl sites for hydroxylation is 1. The molecule has 0 heterocycles. The zero-order valence-electron chi connectivity index (χ0n) is 7.90. The van der Waals surface area contributed by atoms with Crippen molar-refractivity contribution in [3.05, 3.63) is 35.9 Å². The van der Waals surface area contributed by atoms with Gasteiger partial charge in [-0.05, 0) is 23.6 Å². The van der Waals surface area contributed by atoms with E-state index in [1.807, 2.05) is 13.0 Å². The van der Waals surface area contributed by atoms with Crippen LogP contribution in [0.15, 0.2) is 29.7 Å². The first-order valence-electron chi connectivity index (χ1n) is 4.22. The zero-order chi connectivity index (χ0) is 10.8. The lowest BCUT2D eigenvalue weighted by Gasteiger charge is -2.07. The summed E-state index contributed by atoms with van der Waals surface area (Å²) in [6.45, 7) is 5.45. The lowest BCUT2D eigenvalue weighted by molar-refractivity contribution is 0.483. The van der Waals surface area contributed by atoms with E-state index in [9.17, 15) is 8.42 Å². The number of hydrogen-bond acceptors (Lipinski definition) is 2. The van der Waals surface area contributed by atoms with Crippen LogP contribution in [0.1, 0.15) is 18.1 Å². The molecule has 0 aliphatic rings. The molecule has 0 atom stereocenters. The maximum absolute atomic E-state index is 11.0. The number of hydrogen-bond donors (Lipinski definition) is 1. The average Bonchev–Trinajstić information content (AvgIpc) is 2.15. The minimum atomic E-state index is -4.15. The second-order valence-corrected chi connectivity index (χ2v) is 4.25. The third kappa shape index (κ3) is 2.02. The maximum atomic E-state index is 11.0. The summed E-state index contributed by atoms with van der Waals surface area (Å²) in [5.74, 6) is 0. The molecule has 0 aromatic heterocycles. The molecule has 0 saturated carbocycles. The van der Waals surface area contributed by atoms with Gasteiger partial charge in [0.25, 0.3) is 10.1 Å². The van der Waals surface area contributed by atoms with Crippen LogP contribution >= 0.6 is 0 Å². The van der Waals surface area contributed by atoms with Crippen LogP contribution in [0.4, 0.5) is 0 Å². The van der Waals surface area contributed by atoms with Crippen molar-refractivity contribution < 1.29 is 13.0 Å². The van der Waals surface area contributed by atoms with Crippen LogP contribution in [-0.4, -0.2) is 13.0 Å². The van der Waals surface area contributed by atoms with Gasteiger partial charge in [-0.2, -0.15) is 8.42 Å². The van der Waals surface area contributed by atoms with Crippen LogP contribution in [-0.2, 0) is 16.5 Å². The van der Waals surface area contributed by atoms with Crippen LogP contribution in [0.2, 0.25) is 0 Å². The Labute approximate surface area is 83.8 Å². The molecule has 1 aromatic rings. The van der Waals surface area contributed by atoms with Gasteiger partial charge in [-0.3, -0.25) is 4.55 Å². The first-order valence-corrected chi connectivity index (χ1v) is 5.66. The first-order chi connectivity index (χ1) is 6.50. The molecule has 0 fully saturated rings. The van der Waals surface area contributed by atoms with Crippen molar-refractivity contribution in [2.75, 3.05) is 0 Å². The Morgan fingerprint density at radius 2 is 2.14 bits per heavy atom. The van der Waals surface area contributed by atoms with Crippen LogP contribution < -0.4 is 0 Å². The van der Waals surface area contributed by atoms with Gasteiger partial charge in [0.05, 0.1) is 0 Å².